The Morgan fingerprint density at radius 1 is 1.18 bits per heavy atom. The average molecular weight is 303 g/mol. The van der Waals surface area contributed by atoms with Crippen LogP contribution in [0.4, 0.5) is 0 Å². The number of nitrogens with two attached hydrogens (primary N) is 1. The van der Waals surface area contributed by atoms with Gasteiger partial charge in [-0.25, -0.2) is 0 Å². The van der Waals surface area contributed by atoms with E-state index in [1.165, 1.54) is 12.8 Å². The van der Waals surface area contributed by atoms with Gasteiger partial charge >= 0.3 is 0 Å². The third kappa shape index (κ3) is 1.79. The van der Waals surface area contributed by atoms with Crippen molar-refractivity contribution in [2.75, 3.05) is 0 Å². The molecule has 0 saturated heterocycles. The third-order valence-corrected chi connectivity index (χ3v) is 7.57. The molecule has 0 amide bonds. The van der Waals surface area contributed by atoms with Gasteiger partial charge in [-0.2, -0.15) is 0 Å². The maximum Gasteiger partial charge on any atom is 0.0858 e. The molecule has 0 radical (unpaired) electrons. The topological polar surface area (TPSA) is 66.5 Å². The van der Waals surface area contributed by atoms with Crippen molar-refractivity contribution in [1.29, 1.82) is 0 Å². The molecule has 4 N–H and O–H groups in total. The Bertz CT molecular complexity index is 542. The second kappa shape index (κ2) is 4.68. The fourth-order valence-corrected chi connectivity index (χ4v) is 6.13. The monoisotopic (exact) mass is 303 g/mol. The molecule has 2 fully saturated rings. The molecule has 0 aromatic carbocycles. The van der Waals surface area contributed by atoms with Gasteiger partial charge < -0.3 is 15.9 Å². The fraction of sp³-hybridized carbons (Fsp3) is 0.789. The summed E-state index contributed by atoms with van der Waals surface area (Å²) in [6.07, 6.45) is 11.0. The second-order valence-corrected chi connectivity index (χ2v) is 8.65. The summed E-state index contributed by atoms with van der Waals surface area (Å²) in [5.74, 6) is 1.58. The summed E-state index contributed by atoms with van der Waals surface area (Å²) in [6.45, 7) is 4.55. The first kappa shape index (κ1) is 14.9. The largest absolute Gasteiger partial charge is 0.390 e. The van der Waals surface area contributed by atoms with Gasteiger partial charge in [-0.15, -0.1) is 0 Å². The maximum atomic E-state index is 10.5. The van der Waals surface area contributed by atoms with Gasteiger partial charge in [-0.3, -0.25) is 0 Å². The first-order valence-corrected chi connectivity index (χ1v) is 8.88. The number of aliphatic hydroxyl groups excluding tert-OH is 2. The van der Waals surface area contributed by atoms with E-state index in [-0.39, 0.29) is 16.9 Å². The molecule has 8 atom stereocenters. The highest BCUT2D eigenvalue weighted by atomic mass is 16.3. The summed E-state index contributed by atoms with van der Waals surface area (Å²) in [5, 5.41) is 20.7. The van der Waals surface area contributed by atoms with Crippen molar-refractivity contribution in [3.63, 3.8) is 0 Å². The zero-order chi connectivity index (χ0) is 15.7. The SMILES string of the molecule is C[C@]12CC=C3[C@@H](CCC4CC(N)C=C[C@]34C)[C@@H]1C[C@@H](O)[C@@H]2O. The smallest absolute Gasteiger partial charge is 0.0858 e. The van der Waals surface area contributed by atoms with Crippen molar-refractivity contribution >= 4 is 0 Å². The third-order valence-electron chi connectivity index (χ3n) is 7.57. The first-order valence-electron chi connectivity index (χ1n) is 8.88. The van der Waals surface area contributed by atoms with Gasteiger partial charge in [0.1, 0.15) is 0 Å². The van der Waals surface area contributed by atoms with E-state index in [0.29, 0.717) is 17.8 Å². The van der Waals surface area contributed by atoms with Crippen molar-refractivity contribution in [3.8, 4) is 0 Å². The maximum absolute atomic E-state index is 10.5. The molecule has 3 nitrogen and oxygen atoms in total. The van der Waals surface area contributed by atoms with Gasteiger partial charge in [0.05, 0.1) is 12.2 Å². The molecule has 2 saturated carbocycles. The average Bonchev–Trinajstić information content (AvgIpc) is 2.72. The van der Waals surface area contributed by atoms with E-state index in [2.05, 4.69) is 32.1 Å². The van der Waals surface area contributed by atoms with Crippen LogP contribution in [0.1, 0.15) is 46.0 Å². The number of fused-ring (bicyclic) bond motifs is 5. The van der Waals surface area contributed by atoms with Crippen molar-refractivity contribution in [2.24, 2.45) is 34.3 Å². The predicted molar refractivity (Wildman–Crippen MR) is 87.0 cm³/mol. The van der Waals surface area contributed by atoms with E-state index >= 15 is 0 Å². The number of hydrogen-bond acceptors (Lipinski definition) is 3. The quantitative estimate of drug-likeness (QED) is 0.602. The Hall–Kier alpha value is -0.640. The molecule has 4 aliphatic carbocycles. The van der Waals surface area contributed by atoms with E-state index in [1.807, 2.05) is 0 Å². The lowest BCUT2D eigenvalue weighted by atomic mass is 9.50. The molecular weight excluding hydrogens is 274 g/mol. The second-order valence-electron chi connectivity index (χ2n) is 8.65. The van der Waals surface area contributed by atoms with Gasteiger partial charge in [0, 0.05) is 16.9 Å². The number of rotatable bonds is 0. The van der Waals surface area contributed by atoms with Gasteiger partial charge in [0.15, 0.2) is 0 Å². The number of hydrogen-bond donors (Lipinski definition) is 3. The van der Waals surface area contributed by atoms with Crippen molar-refractivity contribution in [3.05, 3.63) is 23.8 Å². The Labute approximate surface area is 133 Å². The number of aliphatic hydroxyl groups is 2. The van der Waals surface area contributed by atoms with Crippen molar-refractivity contribution in [1.82, 2.24) is 0 Å². The molecule has 3 heteroatoms. The van der Waals surface area contributed by atoms with Gasteiger partial charge in [0.25, 0.3) is 0 Å². The summed E-state index contributed by atoms with van der Waals surface area (Å²) in [4.78, 5) is 0. The summed E-state index contributed by atoms with van der Waals surface area (Å²) >= 11 is 0. The highest BCUT2D eigenvalue weighted by molar-refractivity contribution is 5.34. The lowest BCUT2D eigenvalue weighted by molar-refractivity contribution is -0.0326. The van der Waals surface area contributed by atoms with Crippen LogP contribution in [0.15, 0.2) is 23.8 Å². The first-order chi connectivity index (χ1) is 10.4. The van der Waals surface area contributed by atoms with Crippen LogP contribution >= 0.6 is 0 Å². The van der Waals surface area contributed by atoms with Crippen molar-refractivity contribution in [2.45, 2.75) is 64.2 Å². The summed E-state index contributed by atoms with van der Waals surface area (Å²) in [5.41, 5.74) is 7.69. The summed E-state index contributed by atoms with van der Waals surface area (Å²) in [6, 6.07) is 0.208. The molecule has 2 unspecified atom stereocenters. The lowest BCUT2D eigenvalue weighted by Gasteiger charge is -2.54. The zero-order valence-corrected chi connectivity index (χ0v) is 13.7. The Balaban J connectivity index is 1.74. The fourth-order valence-electron chi connectivity index (χ4n) is 6.13. The van der Waals surface area contributed by atoms with Crippen molar-refractivity contribution < 1.29 is 10.2 Å². The Morgan fingerprint density at radius 2 is 1.95 bits per heavy atom. The summed E-state index contributed by atoms with van der Waals surface area (Å²) in [7, 11) is 0. The normalized spacial score (nSPS) is 56.9. The van der Waals surface area contributed by atoms with Crippen LogP contribution in [0.5, 0.6) is 0 Å². The van der Waals surface area contributed by atoms with E-state index in [4.69, 9.17) is 5.73 Å². The zero-order valence-electron chi connectivity index (χ0n) is 13.7. The van der Waals surface area contributed by atoms with Gasteiger partial charge in [-0.05, 0) is 49.9 Å². The van der Waals surface area contributed by atoms with Crippen LogP contribution in [0.25, 0.3) is 0 Å². The van der Waals surface area contributed by atoms with Crippen LogP contribution in [-0.2, 0) is 0 Å². The van der Waals surface area contributed by atoms with E-state index in [0.717, 1.165) is 19.3 Å². The molecule has 122 valence electrons. The minimum Gasteiger partial charge on any atom is -0.390 e. The predicted octanol–water partition coefficient (Wildman–Crippen LogP) is 2.38. The molecular formula is C19H29NO2. The standard InChI is InChI=1S/C19H29NO2/c1-18-7-5-12(20)9-11(18)3-4-13-14(18)6-8-19(2)15(13)10-16(21)17(19)22/h5-7,11-13,15-17,21-22H,3-4,8-10,20H2,1-2H3/t11?,12?,13-,15+,16-,17+,18+,19+/m1/s1. The summed E-state index contributed by atoms with van der Waals surface area (Å²) < 4.78 is 0. The number of allylic oxidation sites excluding steroid dienone is 3. The molecule has 0 heterocycles. The molecule has 0 aromatic rings. The lowest BCUT2D eigenvalue weighted by Crippen LogP contribution is -2.48. The van der Waals surface area contributed by atoms with Gasteiger partial charge in [-0.1, -0.05) is 37.6 Å². The minimum atomic E-state index is -0.573. The van der Waals surface area contributed by atoms with Crippen LogP contribution in [0, 0.1) is 28.6 Å². The highest BCUT2D eigenvalue weighted by Crippen LogP contribution is 2.62. The molecule has 0 aliphatic heterocycles. The molecule has 0 aromatic heterocycles. The van der Waals surface area contributed by atoms with Gasteiger partial charge in [0.2, 0.25) is 0 Å². The van der Waals surface area contributed by atoms with Crippen LogP contribution in [0.2, 0.25) is 0 Å². The molecule has 4 aliphatic rings. The van der Waals surface area contributed by atoms with E-state index < -0.39 is 12.2 Å². The molecule has 0 spiro atoms. The minimum absolute atomic E-state index is 0.138. The highest BCUT2D eigenvalue weighted by Gasteiger charge is 2.58. The Kier molecular flexibility index (Phi) is 3.18. The van der Waals surface area contributed by atoms with E-state index in [1.54, 1.807) is 5.57 Å². The van der Waals surface area contributed by atoms with Crippen LogP contribution < -0.4 is 5.73 Å². The van der Waals surface area contributed by atoms with E-state index in [9.17, 15) is 10.2 Å². The Morgan fingerprint density at radius 3 is 2.73 bits per heavy atom. The van der Waals surface area contributed by atoms with Crippen LogP contribution in [-0.4, -0.2) is 28.5 Å². The molecule has 22 heavy (non-hydrogen) atoms. The molecule has 4 rings (SSSR count). The molecule has 0 bridgehead atoms. The van der Waals surface area contributed by atoms with Crippen LogP contribution in [0.3, 0.4) is 0 Å².